The summed E-state index contributed by atoms with van der Waals surface area (Å²) in [5, 5.41) is 49.6. The Morgan fingerprint density at radius 2 is 1.60 bits per heavy atom. The van der Waals surface area contributed by atoms with Crippen LogP contribution in [-0.2, 0) is 0 Å². The van der Waals surface area contributed by atoms with E-state index in [9.17, 15) is 0 Å². The van der Waals surface area contributed by atoms with E-state index < -0.39 is 18.3 Å². The van der Waals surface area contributed by atoms with E-state index in [0.29, 0.717) is 19.6 Å². The van der Waals surface area contributed by atoms with E-state index in [1.807, 2.05) is 0 Å². The van der Waals surface area contributed by atoms with Gasteiger partial charge in [-0.05, 0) is 0 Å². The predicted octanol–water partition coefficient (Wildman–Crippen LogP) is -4.56. The smallest absolute Gasteiger partial charge is 0.281 e. The van der Waals surface area contributed by atoms with Crippen LogP contribution in [-0.4, -0.2) is 70.0 Å². The lowest BCUT2D eigenvalue weighted by molar-refractivity contribution is -0.377. The van der Waals surface area contributed by atoms with Gasteiger partial charge in [-0.25, -0.2) is 0 Å². The van der Waals surface area contributed by atoms with Gasteiger partial charge in [0.25, 0.3) is 11.7 Å². The molecule has 0 saturated carbocycles. The zero-order valence-electron chi connectivity index (χ0n) is 8.35. The molecular weight excluding hydrogens is 206 g/mol. The predicted molar refractivity (Wildman–Crippen MR) is 51.3 cm³/mol. The lowest BCUT2D eigenvalue weighted by atomic mass is 10.2. The summed E-state index contributed by atoms with van der Waals surface area (Å²) in [6.45, 7) is 0.236. The van der Waals surface area contributed by atoms with Gasteiger partial charge < -0.3 is 36.6 Å². The first-order chi connectivity index (χ1) is 6.87. The minimum absolute atomic E-state index is 0.0653. The van der Waals surface area contributed by atoms with Crippen LogP contribution in [0.2, 0.25) is 0 Å². The van der Waals surface area contributed by atoms with E-state index in [-0.39, 0.29) is 6.54 Å². The van der Waals surface area contributed by atoms with Crippen LogP contribution in [0, 0.1) is 0 Å². The highest BCUT2D eigenvalue weighted by Gasteiger charge is 2.46. The van der Waals surface area contributed by atoms with Crippen molar-refractivity contribution < 1.29 is 25.5 Å². The Kier molecular flexibility index (Phi) is 6.17. The number of aliphatic hydroxyl groups excluding tert-OH is 1. The van der Waals surface area contributed by atoms with Gasteiger partial charge in [0.05, 0.1) is 0 Å². The first-order valence-electron chi connectivity index (χ1n) is 4.53. The Balaban J connectivity index is 3.84. The molecule has 0 aromatic carbocycles. The third kappa shape index (κ3) is 4.82. The Morgan fingerprint density at radius 1 is 1.00 bits per heavy atom. The summed E-state index contributed by atoms with van der Waals surface area (Å²) in [6.07, 6.45) is 0. The number of hydrogen-bond donors (Lipinski definition) is 8. The Morgan fingerprint density at radius 3 is 2.07 bits per heavy atom. The quantitative estimate of drug-likeness (QED) is 0.152. The highest BCUT2D eigenvalue weighted by Crippen LogP contribution is 2.12. The number of nitrogens with two attached hydrogens (primary N) is 1. The maximum absolute atomic E-state index is 9.13. The van der Waals surface area contributed by atoms with Gasteiger partial charge in [0.15, 0.2) is 0 Å². The standard InChI is InChI=1S/C7H19N3O5/c8-1-2-9-3-4-10-7(14,15)6(12,13)5-11/h9-15H,1-5,8H2. The normalized spacial score (nSPS) is 13.2. The monoisotopic (exact) mass is 225 g/mol. The molecule has 0 spiro atoms. The van der Waals surface area contributed by atoms with Crippen molar-refractivity contribution >= 4 is 0 Å². The summed E-state index contributed by atoms with van der Waals surface area (Å²) in [4.78, 5) is 0. The second-order valence-electron chi connectivity index (χ2n) is 3.11. The molecule has 15 heavy (non-hydrogen) atoms. The summed E-state index contributed by atoms with van der Waals surface area (Å²) in [5.74, 6) is -5.98. The second kappa shape index (κ2) is 6.30. The molecule has 0 bridgehead atoms. The molecule has 0 fully saturated rings. The largest absolute Gasteiger partial charge is 0.390 e. The van der Waals surface area contributed by atoms with Crippen LogP contribution in [0.3, 0.4) is 0 Å². The second-order valence-corrected chi connectivity index (χ2v) is 3.11. The highest BCUT2D eigenvalue weighted by molar-refractivity contribution is 4.79. The van der Waals surface area contributed by atoms with Gasteiger partial charge in [0.1, 0.15) is 6.61 Å². The maximum Gasteiger partial charge on any atom is 0.281 e. The van der Waals surface area contributed by atoms with E-state index in [4.69, 9.17) is 31.3 Å². The molecule has 0 aromatic heterocycles. The molecule has 9 N–H and O–H groups in total. The fourth-order valence-corrected chi connectivity index (χ4v) is 0.804. The van der Waals surface area contributed by atoms with Crippen LogP contribution in [0.5, 0.6) is 0 Å². The van der Waals surface area contributed by atoms with Crippen molar-refractivity contribution in [2.24, 2.45) is 5.73 Å². The van der Waals surface area contributed by atoms with E-state index in [1.54, 1.807) is 0 Å². The lowest BCUT2D eigenvalue weighted by Gasteiger charge is -2.33. The highest BCUT2D eigenvalue weighted by atomic mass is 16.6. The van der Waals surface area contributed by atoms with Crippen LogP contribution >= 0.6 is 0 Å². The first-order valence-corrected chi connectivity index (χ1v) is 4.53. The minimum atomic E-state index is -3.01. The summed E-state index contributed by atoms with van der Waals surface area (Å²) in [5.41, 5.74) is 5.19. The lowest BCUT2D eigenvalue weighted by Crippen LogP contribution is -2.65. The average Bonchev–Trinajstić information content (AvgIpc) is 2.17. The molecule has 8 heteroatoms. The fourth-order valence-electron chi connectivity index (χ4n) is 0.804. The molecule has 0 amide bonds. The van der Waals surface area contributed by atoms with Crippen LogP contribution in [0.25, 0.3) is 0 Å². The molecule has 8 nitrogen and oxygen atoms in total. The van der Waals surface area contributed by atoms with Crippen molar-refractivity contribution in [1.29, 1.82) is 0 Å². The van der Waals surface area contributed by atoms with Gasteiger partial charge in [-0.2, -0.15) is 0 Å². The number of nitrogens with one attached hydrogen (secondary N) is 2. The van der Waals surface area contributed by atoms with Gasteiger partial charge in [0, 0.05) is 26.2 Å². The molecular formula is C7H19N3O5. The van der Waals surface area contributed by atoms with Crippen LogP contribution in [0.15, 0.2) is 0 Å². The number of rotatable bonds is 8. The zero-order valence-corrected chi connectivity index (χ0v) is 8.35. The minimum Gasteiger partial charge on any atom is -0.390 e. The Labute approximate surface area is 87.3 Å². The van der Waals surface area contributed by atoms with E-state index in [0.717, 1.165) is 0 Å². The third-order valence-electron chi connectivity index (χ3n) is 1.77. The van der Waals surface area contributed by atoms with Crippen molar-refractivity contribution in [3.05, 3.63) is 0 Å². The summed E-state index contributed by atoms with van der Waals surface area (Å²) in [7, 11) is 0. The maximum atomic E-state index is 9.13. The van der Waals surface area contributed by atoms with Crippen LogP contribution in [0.1, 0.15) is 0 Å². The molecule has 0 heterocycles. The molecule has 0 saturated heterocycles. The fraction of sp³-hybridized carbons (Fsp3) is 1.00. The molecule has 0 atom stereocenters. The van der Waals surface area contributed by atoms with Crippen LogP contribution in [0.4, 0.5) is 0 Å². The molecule has 0 aromatic rings. The van der Waals surface area contributed by atoms with Gasteiger partial charge >= 0.3 is 0 Å². The van der Waals surface area contributed by atoms with Crippen molar-refractivity contribution in [1.82, 2.24) is 10.6 Å². The molecule has 92 valence electrons. The van der Waals surface area contributed by atoms with Crippen LogP contribution < -0.4 is 16.4 Å². The molecule has 0 aliphatic rings. The number of hydrogen-bond acceptors (Lipinski definition) is 8. The zero-order chi connectivity index (χ0) is 11.9. The molecule has 0 rings (SSSR count). The summed E-state index contributed by atoms with van der Waals surface area (Å²) >= 11 is 0. The average molecular weight is 225 g/mol. The molecule has 0 unspecified atom stereocenters. The third-order valence-corrected chi connectivity index (χ3v) is 1.77. The summed E-state index contributed by atoms with van der Waals surface area (Å²) in [6, 6.07) is 0. The first kappa shape index (κ1) is 14.7. The Hall–Kier alpha value is -0.320. The van der Waals surface area contributed by atoms with E-state index >= 15 is 0 Å². The van der Waals surface area contributed by atoms with Crippen molar-refractivity contribution in [2.75, 3.05) is 32.8 Å². The number of aliphatic hydroxyl groups is 5. The van der Waals surface area contributed by atoms with Gasteiger partial charge in [0.2, 0.25) is 0 Å². The molecule has 0 radical (unpaired) electrons. The van der Waals surface area contributed by atoms with Crippen molar-refractivity contribution in [2.45, 2.75) is 11.7 Å². The van der Waals surface area contributed by atoms with Crippen molar-refractivity contribution in [3.8, 4) is 0 Å². The van der Waals surface area contributed by atoms with Gasteiger partial charge in [-0.1, -0.05) is 0 Å². The topological polar surface area (TPSA) is 151 Å². The van der Waals surface area contributed by atoms with Gasteiger partial charge in [-0.3, -0.25) is 5.32 Å². The Bertz CT molecular complexity index is 176. The molecule has 0 aliphatic heterocycles. The molecule has 0 aliphatic carbocycles. The van der Waals surface area contributed by atoms with E-state index in [1.165, 1.54) is 0 Å². The summed E-state index contributed by atoms with van der Waals surface area (Å²) < 4.78 is 0. The van der Waals surface area contributed by atoms with Gasteiger partial charge in [-0.15, -0.1) is 0 Å². The SMILES string of the molecule is NCCNCCNC(O)(O)C(O)(O)CO. The van der Waals surface area contributed by atoms with E-state index in [2.05, 4.69) is 10.6 Å². The van der Waals surface area contributed by atoms with Crippen molar-refractivity contribution in [3.63, 3.8) is 0 Å².